The molecule has 0 fully saturated rings. The van der Waals surface area contributed by atoms with E-state index >= 15 is 0 Å². The van der Waals surface area contributed by atoms with Crippen molar-refractivity contribution in [1.82, 2.24) is 20.6 Å². The molecule has 2 aromatic carbocycles. The molecule has 1 aromatic heterocycles. The van der Waals surface area contributed by atoms with Crippen molar-refractivity contribution >= 4 is 39.8 Å². The second-order valence-electron chi connectivity index (χ2n) is 7.99. The van der Waals surface area contributed by atoms with E-state index in [0.29, 0.717) is 33.4 Å². The number of hydrogen-bond acceptors (Lipinski definition) is 6. The molecule has 34 heavy (non-hydrogen) atoms. The third-order valence-electron chi connectivity index (χ3n) is 5.36. The van der Waals surface area contributed by atoms with Gasteiger partial charge in [-0.1, -0.05) is 29.3 Å². The van der Waals surface area contributed by atoms with Gasteiger partial charge in [-0.25, -0.2) is 9.37 Å². The number of nitrogens with zero attached hydrogens (tertiary/aromatic N) is 1. The summed E-state index contributed by atoms with van der Waals surface area (Å²) in [7, 11) is 0. The lowest BCUT2D eigenvalue weighted by Gasteiger charge is -2.11. The summed E-state index contributed by atoms with van der Waals surface area (Å²) < 4.78 is 14.6. The molecule has 0 spiro atoms. The quantitative estimate of drug-likeness (QED) is 0.209. The molecule has 0 bridgehead atoms. The van der Waals surface area contributed by atoms with Crippen LogP contribution in [-0.2, 0) is 0 Å². The molecule has 0 aliphatic carbocycles. The van der Waals surface area contributed by atoms with E-state index in [1.807, 2.05) is 0 Å². The van der Waals surface area contributed by atoms with E-state index in [9.17, 15) is 9.18 Å². The highest BCUT2D eigenvalue weighted by atomic mass is 35.5. The molecule has 0 saturated carbocycles. The Morgan fingerprint density at radius 3 is 2.41 bits per heavy atom. The van der Waals surface area contributed by atoms with Gasteiger partial charge in [0.2, 0.25) is 0 Å². The molecule has 0 amide bonds. The largest absolute Gasteiger partial charge is 0.383 e. The third-order valence-corrected chi connectivity index (χ3v) is 6.18. The highest BCUT2D eigenvalue weighted by molar-refractivity contribution is 6.43. The van der Waals surface area contributed by atoms with Crippen LogP contribution in [-0.4, -0.2) is 49.2 Å². The van der Waals surface area contributed by atoms with Gasteiger partial charge >= 0.3 is 0 Å². The maximum atomic E-state index is 14.6. The normalized spacial score (nSPS) is 11.3. The highest BCUT2D eigenvalue weighted by Crippen LogP contribution is 2.32. The first-order valence-corrected chi connectivity index (χ1v) is 12.3. The number of hydrogen-bond donors (Lipinski definition) is 5. The van der Waals surface area contributed by atoms with Gasteiger partial charge in [0.15, 0.2) is 0 Å². The summed E-state index contributed by atoms with van der Waals surface area (Å²) in [6.07, 6.45) is 4.06. The number of nitrogens with two attached hydrogens (primary N) is 1. The SMILES string of the molecule is NCCCNCCCCNCCCNc1cc2nc(-c3cccc(Cl)c3Cl)[nH]c(=O)c2cc1F. The lowest BCUT2D eigenvalue weighted by Crippen LogP contribution is -2.22. The number of anilines is 1. The van der Waals surface area contributed by atoms with Crippen LogP contribution in [0.15, 0.2) is 35.1 Å². The summed E-state index contributed by atoms with van der Waals surface area (Å²) in [6, 6.07) is 7.84. The molecule has 3 aromatic rings. The Morgan fingerprint density at radius 1 is 0.971 bits per heavy atom. The van der Waals surface area contributed by atoms with Crippen LogP contribution < -0.4 is 27.2 Å². The number of H-pyrrole nitrogens is 1. The molecule has 0 aliphatic rings. The van der Waals surface area contributed by atoms with Gasteiger partial charge < -0.3 is 26.7 Å². The lowest BCUT2D eigenvalue weighted by molar-refractivity contribution is 0.571. The van der Waals surface area contributed by atoms with Crippen molar-refractivity contribution in [2.24, 2.45) is 5.73 Å². The van der Waals surface area contributed by atoms with Gasteiger partial charge in [-0.3, -0.25) is 4.79 Å². The lowest BCUT2D eigenvalue weighted by atomic mass is 10.1. The number of unbranched alkanes of at least 4 members (excludes halogenated alkanes) is 1. The summed E-state index contributed by atoms with van der Waals surface area (Å²) in [6.45, 7) is 5.07. The zero-order valence-corrected chi connectivity index (χ0v) is 20.5. The average molecular weight is 509 g/mol. The van der Waals surface area contributed by atoms with Crippen molar-refractivity contribution in [1.29, 1.82) is 0 Å². The molecule has 0 unspecified atom stereocenters. The van der Waals surface area contributed by atoms with Crippen molar-refractivity contribution in [3.05, 3.63) is 56.5 Å². The summed E-state index contributed by atoms with van der Waals surface area (Å²) in [4.78, 5) is 19.7. The van der Waals surface area contributed by atoms with Crippen LogP contribution >= 0.6 is 23.2 Å². The zero-order chi connectivity index (χ0) is 24.3. The number of halogens is 3. The van der Waals surface area contributed by atoms with Gasteiger partial charge in [0.25, 0.3) is 5.56 Å². The molecule has 0 aliphatic heterocycles. The molecule has 184 valence electrons. The van der Waals surface area contributed by atoms with Gasteiger partial charge in [0.05, 0.1) is 26.6 Å². The number of fused-ring (bicyclic) bond motifs is 1. The third kappa shape index (κ3) is 7.38. The van der Waals surface area contributed by atoms with Crippen LogP contribution in [0.1, 0.15) is 25.7 Å². The molecule has 0 saturated heterocycles. The molecule has 6 N–H and O–H groups in total. The van der Waals surface area contributed by atoms with Gasteiger partial charge in [-0.15, -0.1) is 0 Å². The van der Waals surface area contributed by atoms with Crippen LogP contribution in [0.25, 0.3) is 22.3 Å². The van der Waals surface area contributed by atoms with E-state index in [1.165, 1.54) is 6.07 Å². The first-order chi connectivity index (χ1) is 16.5. The Balaban J connectivity index is 1.52. The second-order valence-corrected chi connectivity index (χ2v) is 8.78. The minimum Gasteiger partial charge on any atom is -0.383 e. The fourth-order valence-electron chi connectivity index (χ4n) is 3.52. The van der Waals surface area contributed by atoms with Crippen LogP contribution in [0.5, 0.6) is 0 Å². The number of nitrogens with one attached hydrogen (secondary N) is 4. The average Bonchev–Trinajstić information content (AvgIpc) is 2.82. The monoisotopic (exact) mass is 508 g/mol. The maximum Gasteiger partial charge on any atom is 0.259 e. The smallest absolute Gasteiger partial charge is 0.259 e. The van der Waals surface area contributed by atoms with E-state index in [0.717, 1.165) is 58.4 Å². The topological polar surface area (TPSA) is 108 Å². The summed E-state index contributed by atoms with van der Waals surface area (Å²) in [5, 5.41) is 10.7. The molecule has 0 radical (unpaired) electrons. The number of aromatic nitrogens is 2. The first-order valence-electron chi connectivity index (χ1n) is 11.5. The fraction of sp³-hybridized carbons (Fsp3) is 0.417. The summed E-state index contributed by atoms with van der Waals surface area (Å²) in [5.41, 5.74) is 6.20. The highest BCUT2D eigenvalue weighted by Gasteiger charge is 2.13. The van der Waals surface area contributed by atoms with E-state index in [2.05, 4.69) is 25.9 Å². The molecule has 10 heteroatoms. The van der Waals surface area contributed by atoms with Crippen molar-refractivity contribution in [2.75, 3.05) is 44.6 Å². The minimum absolute atomic E-state index is 0.170. The Labute approximate surface area is 208 Å². The van der Waals surface area contributed by atoms with E-state index in [1.54, 1.807) is 24.3 Å². The standard InChI is InChI=1S/C24H31Cl2FN6O/c25-18-7-3-6-16(22(18)26)23-32-20-15-21(19(27)14-17(20)24(34)33-23)31-13-5-12-30-10-2-1-9-29-11-4-8-28/h3,6-7,14-15,29-31H,1-2,4-5,8-13,28H2,(H,32,33,34). The van der Waals surface area contributed by atoms with Gasteiger partial charge in [0.1, 0.15) is 11.6 Å². The van der Waals surface area contributed by atoms with Crippen LogP contribution in [0.4, 0.5) is 10.1 Å². The first kappa shape index (κ1) is 26.4. The van der Waals surface area contributed by atoms with Gasteiger partial charge in [-0.2, -0.15) is 0 Å². The van der Waals surface area contributed by atoms with Crippen LogP contribution in [0.3, 0.4) is 0 Å². The number of benzene rings is 2. The summed E-state index contributed by atoms with van der Waals surface area (Å²) in [5.74, 6) is -0.218. The molecule has 1 heterocycles. The van der Waals surface area contributed by atoms with Crippen molar-refractivity contribution in [3.8, 4) is 11.4 Å². The van der Waals surface area contributed by atoms with Gasteiger partial charge in [0, 0.05) is 12.1 Å². The van der Waals surface area contributed by atoms with Gasteiger partial charge in [-0.05, 0) is 82.7 Å². The molecule has 7 nitrogen and oxygen atoms in total. The van der Waals surface area contributed by atoms with E-state index in [4.69, 9.17) is 28.9 Å². The Morgan fingerprint density at radius 2 is 1.68 bits per heavy atom. The van der Waals surface area contributed by atoms with E-state index in [-0.39, 0.29) is 11.2 Å². The minimum atomic E-state index is -0.497. The predicted molar refractivity (Wildman–Crippen MR) is 140 cm³/mol. The van der Waals surface area contributed by atoms with Crippen molar-refractivity contribution in [3.63, 3.8) is 0 Å². The van der Waals surface area contributed by atoms with E-state index < -0.39 is 11.4 Å². The predicted octanol–water partition coefficient (Wildman–Crippen LogP) is 4.15. The summed E-state index contributed by atoms with van der Waals surface area (Å²) >= 11 is 12.4. The number of rotatable bonds is 14. The Kier molecular flexibility index (Phi) is 10.6. The molecular formula is C24H31Cl2FN6O. The van der Waals surface area contributed by atoms with Crippen LogP contribution in [0.2, 0.25) is 10.0 Å². The van der Waals surface area contributed by atoms with Crippen molar-refractivity contribution < 1.29 is 4.39 Å². The molecular weight excluding hydrogens is 478 g/mol. The van der Waals surface area contributed by atoms with Crippen LogP contribution in [0, 0.1) is 5.82 Å². The molecule has 0 atom stereocenters. The zero-order valence-electron chi connectivity index (χ0n) is 19.0. The molecule has 3 rings (SSSR count). The maximum absolute atomic E-state index is 14.6. The second kappa shape index (κ2) is 13.6. The Hall–Kier alpha value is -2.23. The van der Waals surface area contributed by atoms with Crippen molar-refractivity contribution in [2.45, 2.75) is 25.7 Å². The Bertz CT molecular complexity index is 1140. The number of aromatic amines is 1. The fourth-order valence-corrected chi connectivity index (χ4v) is 3.91.